The molecule has 0 fully saturated rings. The molecule has 0 aliphatic carbocycles. The number of hydrogen-bond donors (Lipinski definition) is 1. The average Bonchev–Trinajstić information content (AvgIpc) is 2.53. The van der Waals surface area contributed by atoms with Crippen LogP contribution in [0.1, 0.15) is 25.0 Å². The van der Waals surface area contributed by atoms with Gasteiger partial charge in [-0.3, -0.25) is 10.1 Å². The number of rotatable bonds is 7. The Morgan fingerprint density at radius 3 is 2.36 bits per heavy atom. The predicted octanol–water partition coefficient (Wildman–Crippen LogP) is 3.17. The molecule has 0 aromatic heterocycles. The van der Waals surface area contributed by atoms with Crippen LogP contribution in [0, 0.1) is 17.0 Å². The van der Waals surface area contributed by atoms with Crippen LogP contribution in [-0.4, -0.2) is 19.4 Å². The largest absolute Gasteiger partial charge is 0.491 e. The molecule has 0 aliphatic rings. The van der Waals surface area contributed by atoms with E-state index in [4.69, 9.17) is 4.74 Å². The summed E-state index contributed by atoms with van der Waals surface area (Å²) in [6, 6.07) is 10.9. The van der Waals surface area contributed by atoms with Gasteiger partial charge in [0.25, 0.3) is 5.69 Å². The summed E-state index contributed by atoms with van der Waals surface area (Å²) in [6.45, 7) is 5.47. The highest BCUT2D eigenvalue weighted by Crippen LogP contribution is 2.22. The number of nitro groups is 1. The van der Waals surface area contributed by atoms with E-state index < -0.39 is 14.9 Å². The third-order valence-corrected chi connectivity index (χ3v) is 4.85. The summed E-state index contributed by atoms with van der Waals surface area (Å²) in [5.41, 5.74) is 0.934. The SMILES string of the molecule is Cc1ccc(S(=O)(=O)NCc2ccc(OC(C)C)cc2)cc1[N+](=O)[O-]. The second-order valence-electron chi connectivity index (χ2n) is 5.84. The van der Waals surface area contributed by atoms with E-state index in [9.17, 15) is 18.5 Å². The third-order valence-electron chi connectivity index (χ3n) is 3.45. The predicted molar refractivity (Wildman–Crippen MR) is 94.1 cm³/mol. The molecule has 0 atom stereocenters. The van der Waals surface area contributed by atoms with Gasteiger partial charge in [0.1, 0.15) is 5.75 Å². The Bertz CT molecular complexity index is 861. The highest BCUT2D eigenvalue weighted by atomic mass is 32.2. The first kappa shape index (κ1) is 18.9. The van der Waals surface area contributed by atoms with Gasteiger partial charge in [-0.2, -0.15) is 0 Å². The minimum Gasteiger partial charge on any atom is -0.491 e. The fraction of sp³-hybridized carbons (Fsp3) is 0.294. The number of aryl methyl sites for hydroxylation is 1. The van der Waals surface area contributed by atoms with Crippen molar-refractivity contribution in [1.82, 2.24) is 4.72 Å². The molecule has 0 bridgehead atoms. The average molecular weight is 364 g/mol. The Morgan fingerprint density at radius 2 is 1.80 bits per heavy atom. The summed E-state index contributed by atoms with van der Waals surface area (Å²) in [4.78, 5) is 10.2. The van der Waals surface area contributed by atoms with E-state index >= 15 is 0 Å². The first-order valence-corrected chi connectivity index (χ1v) is 9.17. The molecule has 25 heavy (non-hydrogen) atoms. The molecule has 134 valence electrons. The molecule has 2 aromatic rings. The van der Waals surface area contributed by atoms with E-state index in [1.165, 1.54) is 12.1 Å². The fourth-order valence-electron chi connectivity index (χ4n) is 2.17. The molecule has 0 radical (unpaired) electrons. The summed E-state index contributed by atoms with van der Waals surface area (Å²) in [6.07, 6.45) is 0.0571. The minimum absolute atomic E-state index is 0.0571. The lowest BCUT2D eigenvalue weighted by Crippen LogP contribution is -2.23. The normalized spacial score (nSPS) is 11.5. The number of nitro benzene ring substituents is 1. The van der Waals surface area contributed by atoms with E-state index in [0.717, 1.165) is 11.6 Å². The molecule has 2 aromatic carbocycles. The number of ether oxygens (including phenoxy) is 1. The van der Waals surface area contributed by atoms with Gasteiger partial charge in [-0.25, -0.2) is 13.1 Å². The summed E-state index contributed by atoms with van der Waals surface area (Å²) in [5.74, 6) is 0.704. The maximum atomic E-state index is 12.3. The van der Waals surface area contributed by atoms with Gasteiger partial charge in [0, 0.05) is 18.2 Å². The molecule has 1 N–H and O–H groups in total. The molecule has 0 unspecified atom stereocenters. The van der Waals surface area contributed by atoms with Crippen molar-refractivity contribution in [3.63, 3.8) is 0 Å². The van der Waals surface area contributed by atoms with Crippen LogP contribution in [0.4, 0.5) is 5.69 Å². The number of nitrogens with zero attached hydrogens (tertiary/aromatic N) is 1. The zero-order valence-electron chi connectivity index (χ0n) is 14.2. The zero-order chi connectivity index (χ0) is 18.6. The number of benzene rings is 2. The maximum Gasteiger partial charge on any atom is 0.273 e. The van der Waals surface area contributed by atoms with Crippen molar-refractivity contribution in [3.05, 3.63) is 63.7 Å². The Labute approximate surface area is 146 Å². The highest BCUT2D eigenvalue weighted by Gasteiger charge is 2.19. The van der Waals surface area contributed by atoms with Crippen LogP contribution >= 0.6 is 0 Å². The minimum atomic E-state index is -3.85. The lowest BCUT2D eigenvalue weighted by atomic mass is 10.2. The molecule has 0 saturated carbocycles. The van der Waals surface area contributed by atoms with E-state index in [2.05, 4.69) is 4.72 Å². The Kier molecular flexibility index (Phi) is 5.76. The molecule has 0 heterocycles. The van der Waals surface area contributed by atoms with Crippen molar-refractivity contribution in [1.29, 1.82) is 0 Å². The van der Waals surface area contributed by atoms with Crippen LogP contribution in [0.15, 0.2) is 47.4 Å². The van der Waals surface area contributed by atoms with Gasteiger partial charge in [0.2, 0.25) is 10.0 Å². The summed E-state index contributed by atoms with van der Waals surface area (Å²) >= 11 is 0. The van der Waals surface area contributed by atoms with Gasteiger partial charge in [-0.15, -0.1) is 0 Å². The van der Waals surface area contributed by atoms with Gasteiger partial charge in [-0.05, 0) is 44.5 Å². The second kappa shape index (κ2) is 7.62. The number of sulfonamides is 1. The van der Waals surface area contributed by atoms with Gasteiger partial charge < -0.3 is 4.74 Å². The van der Waals surface area contributed by atoms with Gasteiger partial charge in [-0.1, -0.05) is 18.2 Å². The second-order valence-corrected chi connectivity index (χ2v) is 7.61. The Balaban J connectivity index is 2.11. The van der Waals surface area contributed by atoms with Gasteiger partial charge in [0.15, 0.2) is 0 Å². The highest BCUT2D eigenvalue weighted by molar-refractivity contribution is 7.89. The molecule has 7 nitrogen and oxygen atoms in total. The number of hydrogen-bond acceptors (Lipinski definition) is 5. The van der Waals surface area contributed by atoms with Crippen molar-refractivity contribution in [2.75, 3.05) is 0 Å². The molecular weight excluding hydrogens is 344 g/mol. The lowest BCUT2D eigenvalue weighted by Gasteiger charge is -2.11. The van der Waals surface area contributed by atoms with E-state index in [0.29, 0.717) is 11.3 Å². The molecule has 0 aliphatic heterocycles. The zero-order valence-corrected chi connectivity index (χ0v) is 15.0. The standard InChI is InChI=1S/C17H20N2O5S/c1-12(2)24-15-7-5-14(6-8-15)11-18-25(22,23)16-9-4-13(3)17(10-16)19(20)21/h4-10,12,18H,11H2,1-3H3. The van der Waals surface area contributed by atoms with Gasteiger partial charge >= 0.3 is 0 Å². The van der Waals surface area contributed by atoms with E-state index in [1.54, 1.807) is 31.2 Å². The smallest absolute Gasteiger partial charge is 0.273 e. The van der Waals surface area contributed by atoms with Crippen molar-refractivity contribution >= 4 is 15.7 Å². The van der Waals surface area contributed by atoms with Crippen LogP contribution in [0.2, 0.25) is 0 Å². The van der Waals surface area contributed by atoms with Crippen LogP contribution in [-0.2, 0) is 16.6 Å². The van der Waals surface area contributed by atoms with Crippen molar-refractivity contribution in [2.45, 2.75) is 38.3 Å². The first-order valence-electron chi connectivity index (χ1n) is 7.69. The van der Waals surface area contributed by atoms with Gasteiger partial charge in [0.05, 0.1) is 15.9 Å². The van der Waals surface area contributed by atoms with E-state index in [1.807, 2.05) is 13.8 Å². The van der Waals surface area contributed by atoms with Crippen LogP contribution < -0.4 is 9.46 Å². The molecule has 0 saturated heterocycles. The number of nitrogens with one attached hydrogen (secondary N) is 1. The Hall–Kier alpha value is -2.45. The monoisotopic (exact) mass is 364 g/mol. The summed E-state index contributed by atoms with van der Waals surface area (Å²) < 4.78 is 32.7. The molecule has 0 amide bonds. The quantitative estimate of drug-likeness (QED) is 0.601. The molecule has 2 rings (SSSR count). The Morgan fingerprint density at radius 1 is 1.16 bits per heavy atom. The van der Waals surface area contributed by atoms with Crippen molar-refractivity contribution in [2.24, 2.45) is 0 Å². The first-order chi connectivity index (χ1) is 11.7. The fourth-order valence-corrected chi connectivity index (χ4v) is 3.21. The topological polar surface area (TPSA) is 98.5 Å². The molecular formula is C17H20N2O5S. The van der Waals surface area contributed by atoms with E-state index in [-0.39, 0.29) is 23.2 Å². The maximum absolute atomic E-state index is 12.3. The molecule has 0 spiro atoms. The van der Waals surface area contributed by atoms with Crippen molar-refractivity contribution in [3.8, 4) is 5.75 Å². The lowest BCUT2D eigenvalue weighted by molar-refractivity contribution is -0.385. The summed E-state index contributed by atoms with van der Waals surface area (Å²) in [5, 5.41) is 11.0. The van der Waals surface area contributed by atoms with Crippen LogP contribution in [0.25, 0.3) is 0 Å². The third kappa shape index (κ3) is 5.01. The van der Waals surface area contributed by atoms with Crippen LogP contribution in [0.5, 0.6) is 5.75 Å². The van der Waals surface area contributed by atoms with Crippen LogP contribution in [0.3, 0.4) is 0 Å². The van der Waals surface area contributed by atoms with Crippen molar-refractivity contribution < 1.29 is 18.1 Å². The summed E-state index contributed by atoms with van der Waals surface area (Å²) in [7, 11) is -3.85. The molecule has 8 heteroatoms.